The minimum atomic E-state index is 0.548. The number of benzene rings is 8. The Balaban J connectivity index is 1.18. The Morgan fingerprint density at radius 2 is 0.945 bits per heavy atom. The van der Waals surface area contributed by atoms with Crippen molar-refractivity contribution in [1.82, 2.24) is 13.7 Å². The summed E-state index contributed by atoms with van der Waals surface area (Å²) in [6, 6.07) is 61.3. The Morgan fingerprint density at radius 1 is 0.382 bits per heavy atom. The highest BCUT2D eigenvalue weighted by Gasteiger charge is 2.22. The zero-order valence-corrected chi connectivity index (χ0v) is 29.5. The zero-order valence-electron chi connectivity index (χ0n) is 29.5. The Bertz CT molecular complexity index is 3420. The van der Waals surface area contributed by atoms with E-state index in [1.165, 1.54) is 32.6 Å². The first-order valence-corrected chi connectivity index (χ1v) is 18.3. The quantitative estimate of drug-likeness (QED) is 0.163. The van der Waals surface area contributed by atoms with Crippen LogP contribution in [-0.2, 0) is 0 Å². The fourth-order valence-electron chi connectivity index (χ4n) is 8.82. The molecular formula is C50H29N5. The maximum atomic E-state index is 8.31. The minimum Gasteiger partial charge on any atom is -0.320 e. The van der Waals surface area contributed by atoms with E-state index in [1.54, 1.807) is 0 Å². The summed E-state index contributed by atoms with van der Waals surface area (Å²) in [4.78, 5) is 7.82. The standard InChI is InChI=1S/C50H29N5/c1-51-33-28-29-39-38-18-5-9-24-44(38)55(48(39)31-33)50-35(20-12-21-41(50)52-2)32-14-11-15-34(30-32)53-45-25-10-6-19-40(45)49-46(53)26-13-27-47(49)54-42-22-7-3-16-36(42)37-17-4-8-23-43(37)54/h3-31H. The van der Waals surface area contributed by atoms with Crippen LogP contribution in [-0.4, -0.2) is 13.7 Å². The lowest BCUT2D eigenvalue weighted by Crippen LogP contribution is -1.99. The van der Waals surface area contributed by atoms with Gasteiger partial charge in [-0.2, -0.15) is 0 Å². The Hall–Kier alpha value is -7.86. The highest BCUT2D eigenvalue weighted by molar-refractivity contribution is 6.17. The Labute approximate surface area is 316 Å². The SMILES string of the molecule is [C-]#[N+]c1ccc2c3ccccc3n(-c3c([N+]#[C-])cccc3-c3cccc(-n4c5ccccc5c5c(-n6c7ccccc7c7ccccc76)cccc54)c3)c2c1. The van der Waals surface area contributed by atoms with E-state index < -0.39 is 0 Å². The maximum absolute atomic E-state index is 8.31. The molecule has 3 aromatic heterocycles. The largest absolute Gasteiger partial charge is 0.320 e. The molecule has 5 heteroatoms. The number of nitrogens with zero attached hydrogens (tertiary/aromatic N) is 5. The van der Waals surface area contributed by atoms with Gasteiger partial charge in [0.1, 0.15) is 0 Å². The van der Waals surface area contributed by atoms with Crippen molar-refractivity contribution in [2.75, 3.05) is 0 Å². The van der Waals surface area contributed by atoms with E-state index in [0.717, 1.165) is 61.0 Å². The highest BCUT2D eigenvalue weighted by atomic mass is 15.0. The first-order chi connectivity index (χ1) is 27.2. The molecule has 0 N–H and O–H groups in total. The van der Waals surface area contributed by atoms with Crippen molar-refractivity contribution in [3.63, 3.8) is 0 Å². The van der Waals surface area contributed by atoms with Gasteiger partial charge >= 0.3 is 0 Å². The molecule has 0 aliphatic heterocycles. The normalized spacial score (nSPS) is 11.6. The third-order valence-electron chi connectivity index (χ3n) is 11.1. The van der Waals surface area contributed by atoms with E-state index in [1.807, 2.05) is 42.5 Å². The van der Waals surface area contributed by atoms with Gasteiger partial charge in [-0.1, -0.05) is 121 Å². The molecule has 0 radical (unpaired) electrons. The lowest BCUT2D eigenvalue weighted by Gasteiger charge is -2.17. The molecule has 11 rings (SSSR count). The number of aromatic nitrogens is 3. The van der Waals surface area contributed by atoms with Crippen molar-refractivity contribution in [1.29, 1.82) is 0 Å². The van der Waals surface area contributed by atoms with Gasteiger partial charge in [-0.25, -0.2) is 9.69 Å². The topological polar surface area (TPSA) is 23.5 Å². The summed E-state index contributed by atoms with van der Waals surface area (Å²) in [5.41, 5.74) is 12.5. The van der Waals surface area contributed by atoms with Gasteiger partial charge < -0.3 is 13.7 Å². The molecule has 5 nitrogen and oxygen atoms in total. The molecule has 0 saturated carbocycles. The Morgan fingerprint density at radius 3 is 1.62 bits per heavy atom. The van der Waals surface area contributed by atoms with Crippen LogP contribution < -0.4 is 0 Å². The molecule has 0 bridgehead atoms. The maximum Gasteiger partial charge on any atom is 0.211 e. The monoisotopic (exact) mass is 699 g/mol. The number of hydrogen-bond donors (Lipinski definition) is 0. The number of fused-ring (bicyclic) bond motifs is 9. The van der Waals surface area contributed by atoms with Crippen molar-refractivity contribution in [2.45, 2.75) is 0 Å². The van der Waals surface area contributed by atoms with Crippen LogP contribution in [0.25, 0.3) is 103 Å². The lowest BCUT2D eigenvalue weighted by atomic mass is 10.0. The molecule has 0 fully saturated rings. The molecule has 0 spiro atoms. The van der Waals surface area contributed by atoms with E-state index in [2.05, 4.69) is 157 Å². The Kier molecular flexibility index (Phi) is 6.61. The molecule has 0 amide bonds. The number of hydrogen-bond acceptors (Lipinski definition) is 0. The molecule has 0 aliphatic rings. The summed E-state index contributed by atoms with van der Waals surface area (Å²) in [5, 5.41) is 6.96. The van der Waals surface area contributed by atoms with Crippen LogP contribution in [0.5, 0.6) is 0 Å². The van der Waals surface area contributed by atoms with Crippen LogP contribution >= 0.6 is 0 Å². The second-order valence-electron chi connectivity index (χ2n) is 13.9. The smallest absolute Gasteiger partial charge is 0.211 e. The van der Waals surface area contributed by atoms with Gasteiger partial charge in [-0.05, 0) is 65.7 Å². The fourth-order valence-corrected chi connectivity index (χ4v) is 8.82. The molecule has 55 heavy (non-hydrogen) atoms. The van der Waals surface area contributed by atoms with E-state index in [9.17, 15) is 0 Å². The predicted molar refractivity (Wildman–Crippen MR) is 227 cm³/mol. The second-order valence-corrected chi connectivity index (χ2v) is 13.9. The third-order valence-corrected chi connectivity index (χ3v) is 11.1. The zero-order chi connectivity index (χ0) is 36.6. The van der Waals surface area contributed by atoms with Crippen LogP contribution in [0.3, 0.4) is 0 Å². The van der Waals surface area contributed by atoms with Gasteiger partial charge in [-0.3, -0.25) is 0 Å². The van der Waals surface area contributed by atoms with Crippen LogP contribution in [0.2, 0.25) is 0 Å². The summed E-state index contributed by atoms with van der Waals surface area (Å²) < 4.78 is 6.95. The van der Waals surface area contributed by atoms with Gasteiger partial charge in [0.25, 0.3) is 0 Å². The molecule has 0 aliphatic carbocycles. The molecule has 0 saturated heterocycles. The van der Waals surface area contributed by atoms with Crippen molar-refractivity contribution in [3.05, 3.63) is 199 Å². The first kappa shape index (κ1) is 30.7. The average Bonchev–Trinajstić information content (AvgIpc) is 3.89. The molecule has 3 heterocycles. The second kappa shape index (κ2) is 11.8. The summed E-state index contributed by atoms with van der Waals surface area (Å²) in [6.45, 7) is 16.1. The molecule has 11 aromatic rings. The van der Waals surface area contributed by atoms with E-state index in [4.69, 9.17) is 13.1 Å². The summed E-state index contributed by atoms with van der Waals surface area (Å²) >= 11 is 0. The summed E-state index contributed by atoms with van der Waals surface area (Å²) in [6.07, 6.45) is 0. The molecule has 254 valence electrons. The molecule has 0 atom stereocenters. The number of rotatable bonds is 4. The van der Waals surface area contributed by atoms with Crippen LogP contribution in [0.1, 0.15) is 0 Å². The molecule has 8 aromatic carbocycles. The van der Waals surface area contributed by atoms with Crippen molar-refractivity contribution in [2.24, 2.45) is 0 Å². The predicted octanol–water partition coefficient (Wildman–Crippen LogP) is 13.7. The summed E-state index contributed by atoms with van der Waals surface area (Å²) in [5.74, 6) is 0. The van der Waals surface area contributed by atoms with Crippen molar-refractivity contribution >= 4 is 76.8 Å². The van der Waals surface area contributed by atoms with Gasteiger partial charge in [0.2, 0.25) is 5.69 Å². The van der Waals surface area contributed by atoms with E-state index >= 15 is 0 Å². The van der Waals surface area contributed by atoms with E-state index in [0.29, 0.717) is 11.4 Å². The fraction of sp³-hybridized carbons (Fsp3) is 0. The van der Waals surface area contributed by atoms with Crippen LogP contribution in [0.15, 0.2) is 176 Å². The number of para-hydroxylation sites is 5. The highest BCUT2D eigenvalue weighted by Crippen LogP contribution is 2.44. The van der Waals surface area contributed by atoms with E-state index in [-0.39, 0.29) is 0 Å². The average molecular weight is 700 g/mol. The van der Waals surface area contributed by atoms with Crippen molar-refractivity contribution in [3.8, 4) is 28.2 Å². The summed E-state index contributed by atoms with van der Waals surface area (Å²) in [7, 11) is 0. The van der Waals surface area contributed by atoms with Gasteiger partial charge in [-0.15, -0.1) is 0 Å². The van der Waals surface area contributed by atoms with Crippen LogP contribution in [0.4, 0.5) is 11.4 Å². The van der Waals surface area contributed by atoms with Crippen molar-refractivity contribution < 1.29 is 0 Å². The minimum absolute atomic E-state index is 0.548. The molecular weight excluding hydrogens is 671 g/mol. The first-order valence-electron chi connectivity index (χ1n) is 18.3. The molecule has 0 unspecified atom stereocenters. The lowest BCUT2D eigenvalue weighted by molar-refractivity contribution is 1.17. The van der Waals surface area contributed by atoms with Gasteiger partial charge in [0.05, 0.1) is 52.1 Å². The van der Waals surface area contributed by atoms with Crippen LogP contribution in [0, 0.1) is 13.1 Å². The van der Waals surface area contributed by atoms with Gasteiger partial charge in [0, 0.05) is 43.5 Å². The third kappa shape index (κ3) is 4.39. The van der Waals surface area contributed by atoms with Gasteiger partial charge in [0.15, 0.2) is 5.69 Å².